The predicted molar refractivity (Wildman–Crippen MR) is 54.3 cm³/mol. The highest BCUT2D eigenvalue weighted by Crippen LogP contribution is 2.31. The van der Waals surface area contributed by atoms with Crippen LogP contribution in [0.25, 0.3) is 0 Å². The summed E-state index contributed by atoms with van der Waals surface area (Å²) in [5, 5.41) is 12.4. The van der Waals surface area contributed by atoms with Crippen molar-refractivity contribution in [3.63, 3.8) is 0 Å². The molecule has 1 aliphatic carbocycles. The number of nitrogens with zero attached hydrogens (tertiary/aromatic N) is 1. The maximum atomic E-state index is 8.82. The Hall–Kier alpha value is -0.550. The van der Waals surface area contributed by atoms with Crippen LogP contribution in [0.2, 0.25) is 0 Å². The Morgan fingerprint density at radius 2 is 2.08 bits per heavy atom. The van der Waals surface area contributed by atoms with Crippen molar-refractivity contribution < 1.29 is 0 Å². The molecule has 0 unspecified atom stereocenters. The van der Waals surface area contributed by atoms with E-state index in [-0.39, 0.29) is 5.41 Å². The van der Waals surface area contributed by atoms with E-state index in [0.29, 0.717) is 5.54 Å². The van der Waals surface area contributed by atoms with Crippen LogP contribution in [-0.4, -0.2) is 12.1 Å². The molecular weight excluding hydrogens is 160 g/mol. The molecule has 0 aromatic carbocycles. The summed E-state index contributed by atoms with van der Waals surface area (Å²) >= 11 is 0. The first-order valence-electron chi connectivity index (χ1n) is 5.14. The molecule has 0 amide bonds. The van der Waals surface area contributed by atoms with Crippen LogP contribution in [0.3, 0.4) is 0 Å². The van der Waals surface area contributed by atoms with Gasteiger partial charge in [-0.25, -0.2) is 0 Å². The Kier molecular flexibility index (Phi) is 2.98. The third kappa shape index (κ3) is 3.00. The fourth-order valence-corrected chi connectivity index (χ4v) is 1.62. The van der Waals surface area contributed by atoms with Crippen LogP contribution in [0, 0.1) is 16.7 Å². The highest BCUT2D eigenvalue weighted by atomic mass is 15.0. The topological polar surface area (TPSA) is 35.8 Å². The molecule has 0 heterocycles. The van der Waals surface area contributed by atoms with Gasteiger partial charge in [0, 0.05) is 5.54 Å². The second-order valence-electron chi connectivity index (χ2n) is 5.09. The molecule has 0 spiro atoms. The fraction of sp³-hybridized carbons (Fsp3) is 0.909. The lowest BCUT2D eigenvalue weighted by Crippen LogP contribution is -2.48. The summed E-state index contributed by atoms with van der Waals surface area (Å²) in [6.07, 6.45) is 4.88. The number of nitriles is 1. The smallest absolute Gasteiger partial charge is 0.0684 e. The summed E-state index contributed by atoms with van der Waals surface area (Å²) in [5.74, 6) is 0. The van der Waals surface area contributed by atoms with Crippen molar-refractivity contribution in [3.8, 4) is 6.07 Å². The first kappa shape index (κ1) is 10.5. The maximum absolute atomic E-state index is 8.82. The van der Waals surface area contributed by atoms with Gasteiger partial charge in [0.25, 0.3) is 0 Å². The van der Waals surface area contributed by atoms with E-state index in [4.69, 9.17) is 5.26 Å². The Bertz CT molecular complexity index is 209. The van der Waals surface area contributed by atoms with Crippen LogP contribution in [-0.2, 0) is 0 Å². The summed E-state index contributed by atoms with van der Waals surface area (Å²) in [7, 11) is 0. The number of hydrogen-bond donors (Lipinski definition) is 1. The van der Waals surface area contributed by atoms with Crippen LogP contribution in [0.1, 0.15) is 46.5 Å². The Morgan fingerprint density at radius 3 is 2.46 bits per heavy atom. The van der Waals surface area contributed by atoms with Crippen LogP contribution >= 0.6 is 0 Å². The molecule has 0 aromatic heterocycles. The lowest BCUT2D eigenvalue weighted by Gasteiger charge is -2.40. The average Bonchev–Trinajstić information content (AvgIpc) is 2.01. The van der Waals surface area contributed by atoms with Gasteiger partial charge in [0.15, 0.2) is 0 Å². The first-order valence-corrected chi connectivity index (χ1v) is 5.14. The van der Waals surface area contributed by atoms with E-state index in [0.717, 1.165) is 13.0 Å². The molecule has 74 valence electrons. The van der Waals surface area contributed by atoms with Gasteiger partial charge in [0.1, 0.15) is 0 Å². The van der Waals surface area contributed by atoms with Gasteiger partial charge < -0.3 is 5.32 Å². The Labute approximate surface area is 81.3 Å². The predicted octanol–water partition coefficient (Wildman–Crippen LogP) is 2.46. The van der Waals surface area contributed by atoms with Crippen molar-refractivity contribution in [3.05, 3.63) is 0 Å². The van der Waals surface area contributed by atoms with E-state index in [1.54, 1.807) is 0 Å². The molecule has 1 rings (SSSR count). The second kappa shape index (κ2) is 3.67. The zero-order chi connectivity index (χ0) is 9.95. The van der Waals surface area contributed by atoms with E-state index in [1.165, 1.54) is 19.3 Å². The van der Waals surface area contributed by atoms with Gasteiger partial charge in [-0.3, -0.25) is 0 Å². The third-order valence-corrected chi connectivity index (χ3v) is 3.06. The molecule has 0 saturated heterocycles. The van der Waals surface area contributed by atoms with Crippen molar-refractivity contribution in [2.45, 2.75) is 52.0 Å². The molecule has 0 atom stereocenters. The molecule has 1 N–H and O–H groups in total. The van der Waals surface area contributed by atoms with Gasteiger partial charge in [0.2, 0.25) is 0 Å². The van der Waals surface area contributed by atoms with Gasteiger partial charge in [-0.1, -0.05) is 0 Å². The van der Waals surface area contributed by atoms with Crippen molar-refractivity contribution in [1.82, 2.24) is 5.32 Å². The zero-order valence-corrected chi connectivity index (χ0v) is 8.98. The van der Waals surface area contributed by atoms with Crippen LogP contribution < -0.4 is 5.32 Å². The molecule has 2 heteroatoms. The van der Waals surface area contributed by atoms with E-state index in [2.05, 4.69) is 18.3 Å². The normalized spacial score (nSPS) is 20.5. The zero-order valence-electron chi connectivity index (χ0n) is 8.98. The molecule has 1 fully saturated rings. The number of rotatable bonds is 4. The molecule has 0 bridgehead atoms. The van der Waals surface area contributed by atoms with Gasteiger partial charge in [0.05, 0.1) is 11.5 Å². The lowest BCUT2D eigenvalue weighted by atomic mass is 9.78. The summed E-state index contributed by atoms with van der Waals surface area (Å²) < 4.78 is 0. The highest BCUT2D eigenvalue weighted by Gasteiger charge is 2.31. The number of nitrogens with one attached hydrogen (secondary N) is 1. The second-order valence-corrected chi connectivity index (χ2v) is 5.09. The minimum atomic E-state index is -0.174. The van der Waals surface area contributed by atoms with Crippen LogP contribution in [0.15, 0.2) is 0 Å². The molecule has 1 aliphatic rings. The Balaban J connectivity index is 2.18. The van der Waals surface area contributed by atoms with Gasteiger partial charge >= 0.3 is 0 Å². The standard InChI is InChI=1S/C11H20N2/c1-10(2,9-12)7-8-13-11(3)5-4-6-11/h13H,4-8H2,1-3H3. The summed E-state index contributed by atoms with van der Waals surface area (Å²) in [6.45, 7) is 7.24. The molecular formula is C11H20N2. The highest BCUT2D eigenvalue weighted by molar-refractivity contribution is 4.95. The average molecular weight is 180 g/mol. The Morgan fingerprint density at radius 1 is 1.46 bits per heavy atom. The van der Waals surface area contributed by atoms with Crippen molar-refractivity contribution in [1.29, 1.82) is 5.26 Å². The van der Waals surface area contributed by atoms with E-state index >= 15 is 0 Å². The van der Waals surface area contributed by atoms with Crippen molar-refractivity contribution >= 4 is 0 Å². The lowest BCUT2D eigenvalue weighted by molar-refractivity contribution is 0.202. The minimum absolute atomic E-state index is 0.174. The maximum Gasteiger partial charge on any atom is 0.0684 e. The minimum Gasteiger partial charge on any atom is -0.311 e. The molecule has 0 aliphatic heterocycles. The first-order chi connectivity index (χ1) is 5.97. The molecule has 0 radical (unpaired) electrons. The van der Waals surface area contributed by atoms with Gasteiger partial charge in [-0.2, -0.15) is 5.26 Å². The summed E-state index contributed by atoms with van der Waals surface area (Å²) in [4.78, 5) is 0. The molecule has 0 aromatic rings. The largest absolute Gasteiger partial charge is 0.311 e. The van der Waals surface area contributed by atoms with E-state index in [1.807, 2.05) is 13.8 Å². The quantitative estimate of drug-likeness (QED) is 0.721. The van der Waals surface area contributed by atoms with Crippen molar-refractivity contribution in [2.24, 2.45) is 5.41 Å². The fourth-order valence-electron chi connectivity index (χ4n) is 1.62. The van der Waals surface area contributed by atoms with Gasteiger partial charge in [-0.15, -0.1) is 0 Å². The van der Waals surface area contributed by atoms with E-state index < -0.39 is 0 Å². The van der Waals surface area contributed by atoms with E-state index in [9.17, 15) is 0 Å². The monoisotopic (exact) mass is 180 g/mol. The molecule has 1 saturated carbocycles. The summed E-state index contributed by atoms with van der Waals surface area (Å²) in [5.41, 5.74) is 0.207. The van der Waals surface area contributed by atoms with Crippen LogP contribution in [0.4, 0.5) is 0 Å². The SMILES string of the molecule is CC(C)(C#N)CCNC1(C)CCC1. The molecule has 13 heavy (non-hydrogen) atoms. The summed E-state index contributed by atoms with van der Waals surface area (Å²) in [6, 6.07) is 2.32. The number of hydrogen-bond acceptors (Lipinski definition) is 2. The van der Waals surface area contributed by atoms with Crippen LogP contribution in [0.5, 0.6) is 0 Å². The molecule has 2 nitrogen and oxygen atoms in total. The third-order valence-electron chi connectivity index (χ3n) is 3.06. The van der Waals surface area contributed by atoms with Crippen molar-refractivity contribution in [2.75, 3.05) is 6.54 Å². The van der Waals surface area contributed by atoms with Gasteiger partial charge in [-0.05, 0) is 53.0 Å².